The van der Waals surface area contributed by atoms with Crippen molar-refractivity contribution >= 4 is 11.6 Å². The van der Waals surface area contributed by atoms with Gasteiger partial charge in [0.1, 0.15) is 17.8 Å². The van der Waals surface area contributed by atoms with E-state index in [4.69, 9.17) is 4.74 Å². The second kappa shape index (κ2) is 7.84. The number of carbonyl (C=O) groups is 1. The second-order valence-electron chi connectivity index (χ2n) is 9.95. The molecule has 0 fully saturated rings. The molecule has 2 aliphatic heterocycles. The highest BCUT2D eigenvalue weighted by Crippen LogP contribution is 2.53. The molecule has 172 valence electrons. The molecule has 1 unspecified atom stereocenters. The summed E-state index contributed by atoms with van der Waals surface area (Å²) in [6.07, 6.45) is 4.63. The van der Waals surface area contributed by atoms with Gasteiger partial charge in [-0.1, -0.05) is 78.9 Å². The van der Waals surface area contributed by atoms with Crippen LogP contribution in [0.4, 0.5) is 5.69 Å². The van der Waals surface area contributed by atoms with E-state index in [1.165, 1.54) is 29.5 Å². The van der Waals surface area contributed by atoms with Crippen LogP contribution in [0, 0.1) is 0 Å². The summed E-state index contributed by atoms with van der Waals surface area (Å²) < 4.78 is 6.27. The maximum absolute atomic E-state index is 14.4. The van der Waals surface area contributed by atoms with Crippen molar-refractivity contribution in [3.8, 4) is 16.9 Å². The molecule has 0 N–H and O–H groups in total. The fourth-order valence-electron chi connectivity index (χ4n) is 6.29. The van der Waals surface area contributed by atoms with Crippen molar-refractivity contribution in [2.24, 2.45) is 0 Å². The van der Waals surface area contributed by atoms with Gasteiger partial charge in [-0.15, -0.1) is 0 Å². The molecule has 3 nitrogen and oxygen atoms in total. The molecule has 0 aromatic heterocycles. The molecule has 1 amide bonds. The molecule has 7 rings (SSSR count). The summed E-state index contributed by atoms with van der Waals surface area (Å²) in [4.78, 5) is 16.4. The SMILES string of the molecule is O=C1N(Cc2ccccc2-c2ccccc2)c2ccccc2C12COc1cc3c(cc12)CCCC3. The first kappa shape index (κ1) is 20.5. The maximum atomic E-state index is 14.4. The molecule has 3 heteroatoms. The normalized spacial score (nSPS) is 19.9. The van der Waals surface area contributed by atoms with Crippen LogP contribution in [-0.4, -0.2) is 12.5 Å². The highest BCUT2D eigenvalue weighted by Gasteiger charge is 2.57. The number of hydrogen-bond donors (Lipinski definition) is 0. The average Bonchev–Trinajstić information content (AvgIpc) is 3.40. The zero-order valence-electron chi connectivity index (χ0n) is 19.7. The van der Waals surface area contributed by atoms with Gasteiger partial charge >= 0.3 is 0 Å². The molecule has 0 radical (unpaired) electrons. The number of anilines is 1. The van der Waals surface area contributed by atoms with E-state index in [2.05, 4.69) is 72.8 Å². The lowest BCUT2D eigenvalue weighted by Gasteiger charge is -2.25. The number of ether oxygens (including phenoxy) is 1. The van der Waals surface area contributed by atoms with Crippen LogP contribution in [0.3, 0.4) is 0 Å². The lowest BCUT2D eigenvalue weighted by Crippen LogP contribution is -2.42. The average molecular weight is 458 g/mol. The van der Waals surface area contributed by atoms with E-state index in [-0.39, 0.29) is 5.91 Å². The van der Waals surface area contributed by atoms with E-state index in [0.29, 0.717) is 13.2 Å². The van der Waals surface area contributed by atoms with Crippen LogP contribution in [-0.2, 0) is 29.6 Å². The number of benzene rings is 4. The van der Waals surface area contributed by atoms with Gasteiger partial charge in [0, 0.05) is 11.3 Å². The molecule has 3 aliphatic rings. The number of para-hydroxylation sites is 1. The first-order chi connectivity index (χ1) is 17.3. The smallest absolute Gasteiger partial charge is 0.246 e. The van der Waals surface area contributed by atoms with Gasteiger partial charge in [-0.05, 0) is 71.2 Å². The largest absolute Gasteiger partial charge is 0.491 e. The third-order valence-electron chi connectivity index (χ3n) is 8.04. The van der Waals surface area contributed by atoms with Gasteiger partial charge in [-0.2, -0.15) is 0 Å². The van der Waals surface area contributed by atoms with Crippen LogP contribution in [0.15, 0.2) is 91.0 Å². The van der Waals surface area contributed by atoms with Gasteiger partial charge in [-0.25, -0.2) is 0 Å². The summed E-state index contributed by atoms with van der Waals surface area (Å²) >= 11 is 0. The van der Waals surface area contributed by atoms with Gasteiger partial charge < -0.3 is 9.64 Å². The lowest BCUT2D eigenvalue weighted by atomic mass is 9.75. The number of rotatable bonds is 3. The predicted molar refractivity (Wildman–Crippen MR) is 139 cm³/mol. The van der Waals surface area contributed by atoms with Gasteiger partial charge in [0.05, 0.1) is 6.54 Å². The summed E-state index contributed by atoms with van der Waals surface area (Å²) in [5.74, 6) is 1.01. The van der Waals surface area contributed by atoms with E-state index in [1.807, 2.05) is 23.1 Å². The zero-order valence-corrected chi connectivity index (χ0v) is 19.7. The number of amides is 1. The number of nitrogens with zero attached hydrogens (tertiary/aromatic N) is 1. The Morgan fingerprint density at radius 3 is 2.34 bits per heavy atom. The summed E-state index contributed by atoms with van der Waals surface area (Å²) in [6, 6.07) is 31.6. The summed E-state index contributed by atoms with van der Waals surface area (Å²) in [6.45, 7) is 0.904. The molecular weight excluding hydrogens is 430 g/mol. The minimum absolute atomic E-state index is 0.121. The first-order valence-electron chi connectivity index (χ1n) is 12.6. The topological polar surface area (TPSA) is 29.5 Å². The van der Waals surface area contributed by atoms with Crippen LogP contribution in [0.5, 0.6) is 5.75 Å². The maximum Gasteiger partial charge on any atom is 0.246 e. The zero-order chi connectivity index (χ0) is 23.4. The fraction of sp³-hybridized carbons (Fsp3) is 0.219. The Balaban J connectivity index is 1.34. The van der Waals surface area contributed by atoms with Crippen molar-refractivity contribution in [3.63, 3.8) is 0 Å². The van der Waals surface area contributed by atoms with Crippen molar-refractivity contribution in [1.29, 1.82) is 0 Å². The highest BCUT2D eigenvalue weighted by molar-refractivity contribution is 6.11. The molecule has 4 aromatic rings. The third-order valence-corrected chi connectivity index (χ3v) is 8.04. The quantitative estimate of drug-likeness (QED) is 0.353. The van der Waals surface area contributed by atoms with Gasteiger partial charge in [0.15, 0.2) is 0 Å². The molecule has 1 spiro atoms. The van der Waals surface area contributed by atoms with Gasteiger partial charge in [-0.3, -0.25) is 4.79 Å². The Morgan fingerprint density at radius 1 is 0.771 bits per heavy atom. The van der Waals surface area contributed by atoms with Gasteiger partial charge in [0.25, 0.3) is 0 Å². The van der Waals surface area contributed by atoms with E-state index < -0.39 is 5.41 Å². The predicted octanol–water partition coefficient (Wildman–Crippen LogP) is 6.46. The van der Waals surface area contributed by atoms with Gasteiger partial charge in [0.2, 0.25) is 5.91 Å². The molecule has 4 aromatic carbocycles. The number of aryl methyl sites for hydroxylation is 2. The number of carbonyl (C=O) groups excluding carboxylic acids is 1. The monoisotopic (exact) mass is 457 g/mol. The van der Waals surface area contributed by atoms with Crippen molar-refractivity contribution < 1.29 is 9.53 Å². The van der Waals surface area contributed by atoms with E-state index in [1.54, 1.807) is 0 Å². The second-order valence-corrected chi connectivity index (χ2v) is 9.95. The summed E-state index contributed by atoms with van der Waals surface area (Å²) in [7, 11) is 0. The highest BCUT2D eigenvalue weighted by atomic mass is 16.5. The van der Waals surface area contributed by atoms with Crippen LogP contribution < -0.4 is 9.64 Å². The minimum Gasteiger partial charge on any atom is -0.491 e. The van der Waals surface area contributed by atoms with Crippen molar-refractivity contribution in [3.05, 3.63) is 119 Å². The van der Waals surface area contributed by atoms with Crippen LogP contribution in [0.25, 0.3) is 11.1 Å². The molecule has 2 heterocycles. The van der Waals surface area contributed by atoms with E-state index in [0.717, 1.165) is 46.5 Å². The standard InChI is InChI=1S/C32H27NO2/c34-31-32(21-35-30-19-24-13-5-4-12-23(24)18-28(30)32)27-16-8-9-17-29(27)33(31)20-25-14-6-7-15-26(25)22-10-2-1-3-11-22/h1-3,6-11,14-19H,4-5,12-13,20-21H2. The Kier molecular flexibility index (Phi) is 4.60. The van der Waals surface area contributed by atoms with E-state index >= 15 is 0 Å². The van der Waals surface area contributed by atoms with Crippen molar-refractivity contribution in [2.75, 3.05) is 11.5 Å². The summed E-state index contributed by atoms with van der Waals surface area (Å²) in [5.41, 5.74) is 8.59. The molecular formula is C32H27NO2. The molecule has 1 aliphatic carbocycles. The molecule has 0 saturated carbocycles. The van der Waals surface area contributed by atoms with Crippen molar-refractivity contribution in [2.45, 2.75) is 37.6 Å². The molecule has 35 heavy (non-hydrogen) atoms. The number of hydrogen-bond acceptors (Lipinski definition) is 2. The van der Waals surface area contributed by atoms with E-state index in [9.17, 15) is 4.79 Å². The Bertz CT molecular complexity index is 1460. The number of fused-ring (bicyclic) bond motifs is 5. The Morgan fingerprint density at radius 2 is 1.49 bits per heavy atom. The van der Waals surface area contributed by atoms with Crippen LogP contribution >= 0.6 is 0 Å². The van der Waals surface area contributed by atoms with Crippen LogP contribution in [0.1, 0.15) is 40.7 Å². The van der Waals surface area contributed by atoms with Crippen molar-refractivity contribution in [1.82, 2.24) is 0 Å². The van der Waals surface area contributed by atoms with Crippen LogP contribution in [0.2, 0.25) is 0 Å². The molecule has 1 atom stereocenters. The molecule has 0 saturated heterocycles. The lowest BCUT2D eigenvalue weighted by molar-refractivity contribution is -0.122. The minimum atomic E-state index is -0.764. The molecule has 0 bridgehead atoms. The summed E-state index contributed by atoms with van der Waals surface area (Å²) in [5, 5.41) is 0. The third kappa shape index (κ3) is 3.01. The first-order valence-corrected chi connectivity index (χ1v) is 12.6. The fourth-order valence-corrected chi connectivity index (χ4v) is 6.29. The Labute approximate surface area is 206 Å². The Hall–Kier alpha value is -3.85.